The minimum Gasteiger partial charge on any atom is -0.320 e. The fourth-order valence-corrected chi connectivity index (χ4v) is 1.83. The highest BCUT2D eigenvalue weighted by Gasteiger charge is 2.07. The molecule has 0 unspecified atom stereocenters. The van der Waals surface area contributed by atoms with Gasteiger partial charge in [0.25, 0.3) is 5.56 Å². The first-order valence-corrected chi connectivity index (χ1v) is 5.91. The molecule has 0 spiro atoms. The fourth-order valence-electron chi connectivity index (χ4n) is 1.70. The molecule has 0 aliphatic carbocycles. The maximum Gasteiger partial charge on any atom is 0.251 e. The van der Waals surface area contributed by atoms with Crippen molar-refractivity contribution in [1.82, 2.24) is 14.8 Å². The van der Waals surface area contributed by atoms with Gasteiger partial charge in [-0.15, -0.1) is 0 Å². The predicted molar refractivity (Wildman–Crippen MR) is 69.1 cm³/mol. The average molecular weight is 252 g/mol. The van der Waals surface area contributed by atoms with E-state index in [1.165, 1.54) is 0 Å². The van der Waals surface area contributed by atoms with Crippen LogP contribution in [0.3, 0.4) is 0 Å². The number of halogens is 1. The zero-order valence-corrected chi connectivity index (χ0v) is 10.5. The van der Waals surface area contributed by atoms with E-state index in [0.29, 0.717) is 6.42 Å². The summed E-state index contributed by atoms with van der Waals surface area (Å²) in [6.45, 7) is 3.87. The van der Waals surface area contributed by atoms with Crippen LogP contribution in [-0.2, 0) is 6.42 Å². The summed E-state index contributed by atoms with van der Waals surface area (Å²) in [6, 6.07) is 3.71. The summed E-state index contributed by atoms with van der Waals surface area (Å²) in [6.07, 6.45) is 2.47. The first-order chi connectivity index (χ1) is 8.15. The van der Waals surface area contributed by atoms with E-state index in [1.54, 1.807) is 6.20 Å². The van der Waals surface area contributed by atoms with Crippen molar-refractivity contribution in [3.63, 3.8) is 0 Å². The summed E-state index contributed by atoms with van der Waals surface area (Å²) in [5.74, 6) is 0. The molecule has 1 atom stereocenters. The average Bonchev–Trinajstić information content (AvgIpc) is 2.36. The number of aromatic nitrogens is 2. The minimum atomic E-state index is -0.0505. The Morgan fingerprint density at radius 1 is 1.53 bits per heavy atom. The zero-order valence-electron chi connectivity index (χ0n) is 9.75. The Hall–Kier alpha value is -1.39. The molecule has 2 aromatic rings. The number of rotatable bonds is 3. The maximum absolute atomic E-state index is 11.7. The van der Waals surface area contributed by atoms with E-state index < -0.39 is 0 Å². The van der Waals surface area contributed by atoms with Crippen molar-refractivity contribution in [3.8, 4) is 0 Å². The van der Waals surface area contributed by atoms with Gasteiger partial charge in [0.05, 0.1) is 11.0 Å². The Kier molecular flexibility index (Phi) is 3.45. The highest BCUT2D eigenvalue weighted by Crippen LogP contribution is 2.16. The van der Waals surface area contributed by atoms with Gasteiger partial charge in [-0.25, -0.2) is 4.84 Å². The molecule has 0 aliphatic heterocycles. The second-order valence-electron chi connectivity index (χ2n) is 4.01. The van der Waals surface area contributed by atoms with Gasteiger partial charge in [-0.2, -0.15) is 0 Å². The third-order valence-electron chi connectivity index (χ3n) is 2.84. The Morgan fingerprint density at radius 2 is 2.29 bits per heavy atom. The van der Waals surface area contributed by atoms with E-state index in [-0.39, 0.29) is 11.6 Å². The molecule has 0 aliphatic rings. The van der Waals surface area contributed by atoms with Crippen LogP contribution in [0.25, 0.3) is 11.0 Å². The molecule has 0 saturated carbocycles. The van der Waals surface area contributed by atoms with Crippen LogP contribution in [0.15, 0.2) is 23.1 Å². The summed E-state index contributed by atoms with van der Waals surface area (Å²) < 4.78 is 0. The Balaban J connectivity index is 2.59. The Bertz CT molecular complexity index is 594. The SMILES string of the molecule is CCc1cc2ncc([C@H](C)NCl)cc2[nH]c1=O. The van der Waals surface area contributed by atoms with Crippen LogP contribution < -0.4 is 10.4 Å². The van der Waals surface area contributed by atoms with Gasteiger partial charge in [0.1, 0.15) is 0 Å². The van der Waals surface area contributed by atoms with Crippen molar-refractivity contribution in [3.05, 3.63) is 39.8 Å². The van der Waals surface area contributed by atoms with Gasteiger partial charge in [-0.05, 0) is 42.8 Å². The molecule has 0 saturated heterocycles. The summed E-state index contributed by atoms with van der Waals surface area (Å²) in [7, 11) is 0. The van der Waals surface area contributed by atoms with E-state index in [2.05, 4.69) is 14.8 Å². The van der Waals surface area contributed by atoms with Crippen LogP contribution >= 0.6 is 11.8 Å². The summed E-state index contributed by atoms with van der Waals surface area (Å²) in [5.41, 5.74) is 3.18. The molecule has 90 valence electrons. The molecule has 0 aromatic carbocycles. The van der Waals surface area contributed by atoms with Gasteiger partial charge in [-0.3, -0.25) is 9.78 Å². The van der Waals surface area contributed by atoms with E-state index in [1.807, 2.05) is 26.0 Å². The highest BCUT2D eigenvalue weighted by atomic mass is 35.5. The Labute approximate surface area is 104 Å². The smallest absolute Gasteiger partial charge is 0.251 e. The molecule has 0 fully saturated rings. The van der Waals surface area contributed by atoms with Crippen molar-refractivity contribution < 1.29 is 0 Å². The van der Waals surface area contributed by atoms with E-state index in [4.69, 9.17) is 11.8 Å². The lowest BCUT2D eigenvalue weighted by molar-refractivity contribution is 0.742. The van der Waals surface area contributed by atoms with E-state index >= 15 is 0 Å². The van der Waals surface area contributed by atoms with Crippen molar-refractivity contribution in [1.29, 1.82) is 0 Å². The van der Waals surface area contributed by atoms with Gasteiger partial charge in [0.2, 0.25) is 0 Å². The fraction of sp³-hybridized carbons (Fsp3) is 0.333. The lowest BCUT2D eigenvalue weighted by atomic mass is 10.1. The first-order valence-electron chi connectivity index (χ1n) is 5.53. The number of nitrogens with one attached hydrogen (secondary N) is 2. The number of hydrogen-bond acceptors (Lipinski definition) is 3. The van der Waals surface area contributed by atoms with Crippen LogP contribution in [-0.4, -0.2) is 9.97 Å². The third kappa shape index (κ3) is 2.33. The van der Waals surface area contributed by atoms with E-state index in [0.717, 1.165) is 22.2 Å². The van der Waals surface area contributed by atoms with Crippen LogP contribution in [0.1, 0.15) is 31.0 Å². The largest absolute Gasteiger partial charge is 0.320 e. The third-order valence-corrected chi connectivity index (χ3v) is 3.16. The number of aromatic amines is 1. The molecule has 2 aromatic heterocycles. The van der Waals surface area contributed by atoms with Gasteiger partial charge >= 0.3 is 0 Å². The lowest BCUT2D eigenvalue weighted by Crippen LogP contribution is -2.13. The van der Waals surface area contributed by atoms with Gasteiger partial charge in [0.15, 0.2) is 0 Å². The zero-order chi connectivity index (χ0) is 12.4. The van der Waals surface area contributed by atoms with Crippen LogP contribution in [0.4, 0.5) is 0 Å². The number of fused-ring (bicyclic) bond motifs is 1. The molecule has 17 heavy (non-hydrogen) atoms. The molecule has 2 heterocycles. The van der Waals surface area contributed by atoms with Gasteiger partial charge < -0.3 is 4.98 Å². The second-order valence-corrected chi connectivity index (χ2v) is 4.23. The minimum absolute atomic E-state index is 0.0112. The normalized spacial score (nSPS) is 12.9. The lowest BCUT2D eigenvalue weighted by Gasteiger charge is -2.09. The summed E-state index contributed by atoms with van der Waals surface area (Å²) in [4.78, 5) is 21.5. The molecular formula is C12H14ClN3O. The number of pyridine rings is 2. The predicted octanol–water partition coefficient (Wildman–Crippen LogP) is 2.29. The standard InChI is InChI=1S/C12H14ClN3O/c1-3-8-4-10-11(15-12(8)17)5-9(6-14-10)7(2)16-13/h4-7,16H,3H2,1-2H3,(H,15,17)/t7-/m0/s1. The quantitative estimate of drug-likeness (QED) is 0.823. The van der Waals surface area contributed by atoms with Crippen molar-refractivity contribution >= 4 is 22.8 Å². The van der Waals surface area contributed by atoms with Crippen LogP contribution in [0.5, 0.6) is 0 Å². The maximum atomic E-state index is 11.7. The first kappa shape index (κ1) is 12.1. The van der Waals surface area contributed by atoms with Crippen molar-refractivity contribution in [2.75, 3.05) is 0 Å². The van der Waals surface area contributed by atoms with Crippen LogP contribution in [0, 0.1) is 0 Å². The van der Waals surface area contributed by atoms with E-state index in [9.17, 15) is 4.79 Å². The number of aryl methyl sites for hydroxylation is 1. The molecule has 4 nitrogen and oxygen atoms in total. The molecule has 0 radical (unpaired) electrons. The van der Waals surface area contributed by atoms with Gasteiger partial charge in [0, 0.05) is 17.8 Å². The molecule has 0 amide bonds. The molecule has 5 heteroatoms. The molecule has 0 bridgehead atoms. The molecular weight excluding hydrogens is 238 g/mol. The summed E-state index contributed by atoms with van der Waals surface area (Å²) in [5, 5.41) is 0. The van der Waals surface area contributed by atoms with Crippen LogP contribution in [0.2, 0.25) is 0 Å². The van der Waals surface area contributed by atoms with Crippen molar-refractivity contribution in [2.45, 2.75) is 26.3 Å². The summed E-state index contributed by atoms with van der Waals surface area (Å²) >= 11 is 5.57. The Morgan fingerprint density at radius 3 is 2.94 bits per heavy atom. The molecule has 2 N–H and O–H groups in total. The highest BCUT2D eigenvalue weighted by molar-refractivity contribution is 6.13. The van der Waals surface area contributed by atoms with Gasteiger partial charge in [-0.1, -0.05) is 6.92 Å². The van der Waals surface area contributed by atoms with Crippen molar-refractivity contribution in [2.24, 2.45) is 0 Å². The number of hydrogen-bond donors (Lipinski definition) is 2. The monoisotopic (exact) mass is 251 g/mol. The second kappa shape index (κ2) is 4.85. The topological polar surface area (TPSA) is 57.8 Å². The molecule has 2 rings (SSSR count). The number of nitrogens with zero attached hydrogens (tertiary/aromatic N) is 1. The number of H-pyrrole nitrogens is 1.